The summed E-state index contributed by atoms with van der Waals surface area (Å²) in [6.45, 7) is 1.49. The zero-order valence-corrected chi connectivity index (χ0v) is 14.6. The Morgan fingerprint density at radius 3 is 2.58 bits per heavy atom. The van der Waals surface area contributed by atoms with Crippen molar-refractivity contribution in [2.45, 2.75) is 6.04 Å². The Balaban J connectivity index is 1.79. The first-order valence-corrected chi connectivity index (χ1v) is 8.70. The van der Waals surface area contributed by atoms with E-state index in [1.165, 1.54) is 0 Å². The number of amides is 1. The quantitative estimate of drug-likeness (QED) is 0.794. The van der Waals surface area contributed by atoms with Gasteiger partial charge in [0.25, 0.3) is 5.91 Å². The maximum Gasteiger partial charge on any atom is 0.254 e. The summed E-state index contributed by atoms with van der Waals surface area (Å²) in [5, 5.41) is 14.3. The van der Waals surface area contributed by atoms with Crippen LogP contribution in [0.4, 0.5) is 0 Å². The lowest BCUT2D eigenvalue weighted by Crippen LogP contribution is -2.58. The van der Waals surface area contributed by atoms with Crippen LogP contribution < -0.4 is 5.32 Å². The highest BCUT2D eigenvalue weighted by atomic mass is 16.2. The normalized spacial score (nSPS) is 14.1. The number of fused-ring (bicyclic) bond motifs is 1. The van der Waals surface area contributed by atoms with Gasteiger partial charge >= 0.3 is 0 Å². The van der Waals surface area contributed by atoms with Crippen molar-refractivity contribution >= 4 is 16.7 Å². The number of nitrogens with one attached hydrogen (secondary N) is 1. The number of benzene rings is 3. The number of hydrogen-bond donors (Lipinski definition) is 1. The number of carbonyl (C=O) groups excluding carboxylic acids is 1. The Morgan fingerprint density at radius 2 is 1.81 bits per heavy atom. The Labute approximate surface area is 152 Å². The topological polar surface area (TPSA) is 56.1 Å². The van der Waals surface area contributed by atoms with E-state index in [1.807, 2.05) is 66.5 Å². The van der Waals surface area contributed by atoms with Gasteiger partial charge in [-0.1, -0.05) is 42.5 Å². The molecule has 1 heterocycles. The van der Waals surface area contributed by atoms with Crippen LogP contribution in [0.2, 0.25) is 0 Å². The third kappa shape index (κ3) is 2.73. The van der Waals surface area contributed by atoms with Crippen LogP contribution in [0.1, 0.15) is 15.9 Å². The summed E-state index contributed by atoms with van der Waals surface area (Å²) in [6, 6.07) is 22.0. The van der Waals surface area contributed by atoms with Gasteiger partial charge in [0.2, 0.25) is 0 Å². The Kier molecular flexibility index (Phi) is 4.16. The molecule has 4 rings (SSSR count). The second-order valence-electron chi connectivity index (χ2n) is 6.59. The molecule has 0 aliphatic carbocycles. The van der Waals surface area contributed by atoms with E-state index in [1.54, 1.807) is 6.07 Å². The monoisotopic (exact) mass is 341 g/mol. The molecule has 0 saturated carbocycles. The van der Waals surface area contributed by atoms with Gasteiger partial charge in [0.15, 0.2) is 0 Å². The zero-order chi connectivity index (χ0) is 18.1. The van der Waals surface area contributed by atoms with Crippen LogP contribution in [0, 0.1) is 11.3 Å². The predicted octanol–water partition coefficient (Wildman–Crippen LogP) is 3.42. The Hall–Kier alpha value is -3.16. The van der Waals surface area contributed by atoms with Gasteiger partial charge in [-0.05, 0) is 47.1 Å². The van der Waals surface area contributed by atoms with Crippen molar-refractivity contribution in [2.75, 3.05) is 20.1 Å². The molecule has 4 heteroatoms. The van der Waals surface area contributed by atoms with E-state index in [0.717, 1.165) is 40.6 Å². The molecule has 0 spiro atoms. The van der Waals surface area contributed by atoms with Crippen molar-refractivity contribution in [2.24, 2.45) is 0 Å². The van der Waals surface area contributed by atoms with Crippen LogP contribution in [0.5, 0.6) is 0 Å². The van der Waals surface area contributed by atoms with Gasteiger partial charge in [-0.2, -0.15) is 5.26 Å². The average molecular weight is 341 g/mol. The highest BCUT2D eigenvalue weighted by Crippen LogP contribution is 2.31. The molecule has 4 nitrogen and oxygen atoms in total. The number of nitriles is 1. The number of hydrogen-bond acceptors (Lipinski definition) is 3. The maximum atomic E-state index is 12.9. The molecule has 0 bridgehead atoms. The summed E-state index contributed by atoms with van der Waals surface area (Å²) < 4.78 is 0. The largest absolute Gasteiger partial charge is 0.335 e. The van der Waals surface area contributed by atoms with Crippen LogP contribution in [0.3, 0.4) is 0 Å². The van der Waals surface area contributed by atoms with Gasteiger partial charge in [0.05, 0.1) is 11.6 Å². The molecule has 0 unspecified atom stereocenters. The van der Waals surface area contributed by atoms with E-state index < -0.39 is 0 Å². The van der Waals surface area contributed by atoms with E-state index in [-0.39, 0.29) is 5.91 Å². The molecule has 1 aliphatic heterocycles. The van der Waals surface area contributed by atoms with Gasteiger partial charge < -0.3 is 10.2 Å². The second kappa shape index (κ2) is 6.62. The molecule has 1 saturated heterocycles. The number of nitrogens with zero attached hydrogens (tertiary/aromatic N) is 2. The number of rotatable bonds is 3. The molecule has 1 N–H and O–H groups in total. The number of likely N-dealkylation sites (tertiary alicyclic amines) is 1. The fourth-order valence-electron chi connectivity index (χ4n) is 3.50. The smallest absolute Gasteiger partial charge is 0.254 e. The SMILES string of the molecule is CNC1CN(C(=O)c2cccc3c(-c4cccc(C#N)c4)cccc23)C1. The van der Waals surface area contributed by atoms with Crippen LogP contribution in [0.25, 0.3) is 21.9 Å². The van der Waals surface area contributed by atoms with Crippen molar-refractivity contribution in [1.29, 1.82) is 5.26 Å². The fraction of sp³-hybridized carbons (Fsp3) is 0.182. The fourth-order valence-corrected chi connectivity index (χ4v) is 3.50. The zero-order valence-electron chi connectivity index (χ0n) is 14.6. The molecule has 3 aromatic rings. The molecule has 1 amide bonds. The third-order valence-corrected chi connectivity index (χ3v) is 5.03. The lowest BCUT2D eigenvalue weighted by Gasteiger charge is -2.39. The van der Waals surface area contributed by atoms with E-state index in [9.17, 15) is 10.1 Å². The van der Waals surface area contributed by atoms with Crippen molar-refractivity contribution in [3.05, 3.63) is 71.8 Å². The summed E-state index contributed by atoms with van der Waals surface area (Å²) in [6.07, 6.45) is 0. The van der Waals surface area contributed by atoms with Gasteiger partial charge in [-0.15, -0.1) is 0 Å². The highest BCUT2D eigenvalue weighted by molar-refractivity contribution is 6.10. The first kappa shape index (κ1) is 16.3. The highest BCUT2D eigenvalue weighted by Gasteiger charge is 2.30. The van der Waals surface area contributed by atoms with Gasteiger partial charge in [-0.25, -0.2) is 0 Å². The Morgan fingerprint density at radius 1 is 1.08 bits per heavy atom. The molecule has 1 aliphatic rings. The lowest BCUT2D eigenvalue weighted by molar-refractivity contribution is 0.0579. The standard InChI is InChI=1S/C22H19N3O/c1-24-17-13-25(14-17)22(26)21-10-4-8-19-18(7-3-9-20(19)21)16-6-2-5-15(11-16)12-23/h2-11,17,24H,13-14H2,1H3. The minimum atomic E-state index is 0.0741. The van der Waals surface area contributed by atoms with Crippen molar-refractivity contribution in [3.8, 4) is 17.2 Å². The number of carbonyl (C=O) groups is 1. The van der Waals surface area contributed by atoms with Crippen LogP contribution >= 0.6 is 0 Å². The molecular formula is C22H19N3O. The van der Waals surface area contributed by atoms with Crippen molar-refractivity contribution < 1.29 is 4.79 Å². The van der Waals surface area contributed by atoms with Gasteiger partial charge in [-0.3, -0.25) is 4.79 Å². The molecule has 0 atom stereocenters. The minimum absolute atomic E-state index is 0.0741. The summed E-state index contributed by atoms with van der Waals surface area (Å²) in [7, 11) is 1.92. The molecule has 1 fully saturated rings. The van der Waals surface area contributed by atoms with Crippen molar-refractivity contribution in [1.82, 2.24) is 10.2 Å². The van der Waals surface area contributed by atoms with E-state index in [4.69, 9.17) is 0 Å². The van der Waals surface area contributed by atoms with Gasteiger partial charge in [0, 0.05) is 24.7 Å². The molecule has 128 valence electrons. The average Bonchev–Trinajstić information content (AvgIpc) is 2.66. The molecule has 26 heavy (non-hydrogen) atoms. The van der Waals surface area contributed by atoms with Crippen molar-refractivity contribution in [3.63, 3.8) is 0 Å². The Bertz CT molecular complexity index is 1030. The molecular weight excluding hydrogens is 322 g/mol. The third-order valence-electron chi connectivity index (χ3n) is 5.03. The van der Waals surface area contributed by atoms with Crippen LogP contribution in [0.15, 0.2) is 60.7 Å². The first-order chi connectivity index (χ1) is 12.7. The van der Waals surface area contributed by atoms with E-state index in [0.29, 0.717) is 11.6 Å². The lowest BCUT2D eigenvalue weighted by atomic mass is 9.94. The minimum Gasteiger partial charge on any atom is -0.335 e. The number of likely N-dealkylation sites (N-methyl/N-ethyl adjacent to an activating group) is 1. The molecule has 0 radical (unpaired) electrons. The van der Waals surface area contributed by atoms with E-state index >= 15 is 0 Å². The first-order valence-electron chi connectivity index (χ1n) is 8.70. The molecule has 3 aromatic carbocycles. The second-order valence-corrected chi connectivity index (χ2v) is 6.59. The molecule has 0 aromatic heterocycles. The maximum absolute atomic E-state index is 12.9. The summed E-state index contributed by atoms with van der Waals surface area (Å²) in [4.78, 5) is 14.8. The van der Waals surface area contributed by atoms with Crippen LogP contribution in [-0.2, 0) is 0 Å². The van der Waals surface area contributed by atoms with Crippen LogP contribution in [-0.4, -0.2) is 37.0 Å². The summed E-state index contributed by atoms with van der Waals surface area (Å²) in [5.74, 6) is 0.0741. The van der Waals surface area contributed by atoms with Gasteiger partial charge in [0.1, 0.15) is 0 Å². The summed E-state index contributed by atoms with van der Waals surface area (Å²) in [5.41, 5.74) is 3.38. The predicted molar refractivity (Wildman–Crippen MR) is 103 cm³/mol. The van der Waals surface area contributed by atoms with E-state index in [2.05, 4.69) is 11.4 Å². The summed E-state index contributed by atoms with van der Waals surface area (Å²) >= 11 is 0.